The molecule has 0 aromatic carbocycles. The van der Waals surface area contributed by atoms with E-state index in [0.717, 1.165) is 42.4 Å². The molecule has 7 nitrogen and oxygen atoms in total. The number of aryl methyl sites for hydroxylation is 1. The van der Waals surface area contributed by atoms with Crippen LogP contribution in [0, 0.1) is 6.92 Å². The van der Waals surface area contributed by atoms with E-state index < -0.39 is 0 Å². The topological polar surface area (TPSA) is 79.7 Å². The summed E-state index contributed by atoms with van der Waals surface area (Å²) in [5.74, 6) is 2.64. The Bertz CT molecular complexity index is 853. The molecule has 0 bridgehead atoms. The Hall–Kier alpha value is -3.09. The second-order valence-corrected chi connectivity index (χ2v) is 6.09. The standard InChI is InChI=1S/C18H19N7/c1-13-3-2-6-21-17(13)24-18-22-7-4-15(23-18)14-5-10-25(12-14)16-11-19-8-9-20-16/h2-4,6-9,11,14H,5,10,12H2,1H3,(H,21,22,23,24)/t14-/m1/s1. The lowest BCUT2D eigenvalue weighted by Gasteiger charge is -2.16. The summed E-state index contributed by atoms with van der Waals surface area (Å²) in [7, 11) is 0. The van der Waals surface area contributed by atoms with Crippen LogP contribution in [0.4, 0.5) is 17.6 Å². The van der Waals surface area contributed by atoms with Crippen molar-refractivity contribution in [3.8, 4) is 0 Å². The molecule has 0 aliphatic carbocycles. The summed E-state index contributed by atoms with van der Waals surface area (Å²) in [6, 6.07) is 5.91. The summed E-state index contributed by atoms with van der Waals surface area (Å²) in [6.45, 7) is 3.85. The van der Waals surface area contributed by atoms with Crippen LogP contribution in [0.15, 0.2) is 49.2 Å². The largest absolute Gasteiger partial charge is 0.355 e. The van der Waals surface area contributed by atoms with Crippen molar-refractivity contribution < 1.29 is 0 Å². The molecule has 126 valence electrons. The van der Waals surface area contributed by atoms with Gasteiger partial charge < -0.3 is 10.2 Å². The summed E-state index contributed by atoms with van der Waals surface area (Å²) in [5, 5.41) is 3.21. The van der Waals surface area contributed by atoms with Crippen molar-refractivity contribution in [1.29, 1.82) is 0 Å². The highest BCUT2D eigenvalue weighted by Crippen LogP contribution is 2.29. The van der Waals surface area contributed by atoms with Gasteiger partial charge in [0.05, 0.1) is 11.9 Å². The Morgan fingerprint density at radius 1 is 1.08 bits per heavy atom. The van der Waals surface area contributed by atoms with E-state index in [0.29, 0.717) is 11.9 Å². The Balaban J connectivity index is 1.50. The van der Waals surface area contributed by atoms with Crippen molar-refractivity contribution in [1.82, 2.24) is 24.9 Å². The van der Waals surface area contributed by atoms with Gasteiger partial charge in [-0.05, 0) is 31.0 Å². The lowest BCUT2D eigenvalue weighted by Crippen LogP contribution is -2.20. The average molecular weight is 333 g/mol. The highest BCUT2D eigenvalue weighted by Gasteiger charge is 2.26. The summed E-state index contributed by atoms with van der Waals surface area (Å²) >= 11 is 0. The zero-order chi connectivity index (χ0) is 17.1. The molecule has 3 aromatic heterocycles. The third-order valence-corrected chi connectivity index (χ3v) is 4.40. The van der Waals surface area contributed by atoms with Gasteiger partial charge in [0.25, 0.3) is 0 Å². The SMILES string of the molecule is Cc1cccnc1Nc1nccc([C@@H]2CCN(c3cnccn3)C2)n1. The summed E-state index contributed by atoms with van der Waals surface area (Å²) in [4.78, 5) is 24.1. The zero-order valence-electron chi connectivity index (χ0n) is 14.0. The maximum absolute atomic E-state index is 4.69. The third-order valence-electron chi connectivity index (χ3n) is 4.40. The van der Waals surface area contributed by atoms with E-state index in [1.54, 1.807) is 31.0 Å². The quantitative estimate of drug-likeness (QED) is 0.786. The first kappa shape index (κ1) is 15.4. The maximum Gasteiger partial charge on any atom is 0.228 e. The molecule has 1 N–H and O–H groups in total. The molecule has 1 aliphatic rings. The molecule has 25 heavy (non-hydrogen) atoms. The van der Waals surface area contributed by atoms with Gasteiger partial charge in [-0.3, -0.25) is 4.98 Å². The Kier molecular flexibility index (Phi) is 4.20. The number of nitrogens with one attached hydrogen (secondary N) is 1. The lowest BCUT2D eigenvalue weighted by molar-refractivity contribution is 0.740. The van der Waals surface area contributed by atoms with Gasteiger partial charge in [-0.1, -0.05) is 6.07 Å². The minimum atomic E-state index is 0.357. The van der Waals surface area contributed by atoms with Gasteiger partial charge >= 0.3 is 0 Å². The predicted molar refractivity (Wildman–Crippen MR) is 95.9 cm³/mol. The van der Waals surface area contributed by atoms with Crippen LogP contribution in [-0.2, 0) is 0 Å². The van der Waals surface area contributed by atoms with Gasteiger partial charge in [0.1, 0.15) is 11.6 Å². The molecule has 7 heteroatoms. The van der Waals surface area contributed by atoms with Gasteiger partial charge in [-0.2, -0.15) is 0 Å². The van der Waals surface area contributed by atoms with Crippen LogP contribution in [0.2, 0.25) is 0 Å². The predicted octanol–water partition coefficient (Wildman–Crippen LogP) is 2.71. The van der Waals surface area contributed by atoms with E-state index in [2.05, 4.69) is 30.2 Å². The Morgan fingerprint density at radius 3 is 2.88 bits per heavy atom. The fourth-order valence-electron chi connectivity index (χ4n) is 3.05. The van der Waals surface area contributed by atoms with Crippen LogP contribution in [-0.4, -0.2) is 38.0 Å². The molecule has 0 unspecified atom stereocenters. The number of pyridine rings is 1. The molecule has 1 atom stereocenters. The molecular formula is C18H19N7. The zero-order valence-corrected chi connectivity index (χ0v) is 14.0. The van der Waals surface area contributed by atoms with E-state index in [-0.39, 0.29) is 0 Å². The van der Waals surface area contributed by atoms with E-state index in [1.807, 2.05) is 25.1 Å². The Labute approximate surface area is 146 Å². The lowest BCUT2D eigenvalue weighted by atomic mass is 10.1. The maximum atomic E-state index is 4.69. The molecule has 1 aliphatic heterocycles. The van der Waals surface area contributed by atoms with E-state index in [4.69, 9.17) is 4.98 Å². The second-order valence-electron chi connectivity index (χ2n) is 6.09. The fourth-order valence-corrected chi connectivity index (χ4v) is 3.05. The summed E-state index contributed by atoms with van der Waals surface area (Å²) in [5.41, 5.74) is 2.10. The van der Waals surface area contributed by atoms with Gasteiger partial charge in [-0.25, -0.2) is 19.9 Å². The van der Waals surface area contributed by atoms with Gasteiger partial charge in [0, 0.05) is 43.8 Å². The van der Waals surface area contributed by atoms with E-state index in [9.17, 15) is 0 Å². The van der Waals surface area contributed by atoms with Gasteiger partial charge in [0.15, 0.2) is 0 Å². The van der Waals surface area contributed by atoms with Crippen molar-refractivity contribution in [2.75, 3.05) is 23.3 Å². The monoisotopic (exact) mass is 333 g/mol. The molecule has 3 aromatic rings. The van der Waals surface area contributed by atoms with E-state index >= 15 is 0 Å². The number of nitrogens with zero attached hydrogens (tertiary/aromatic N) is 6. The van der Waals surface area contributed by atoms with E-state index in [1.165, 1.54) is 0 Å². The number of aromatic nitrogens is 5. The first-order valence-corrected chi connectivity index (χ1v) is 8.32. The van der Waals surface area contributed by atoms with Crippen LogP contribution < -0.4 is 10.2 Å². The molecule has 0 amide bonds. The molecule has 0 saturated carbocycles. The van der Waals surface area contributed by atoms with Gasteiger partial charge in [-0.15, -0.1) is 0 Å². The Morgan fingerprint density at radius 2 is 2.04 bits per heavy atom. The van der Waals surface area contributed by atoms with Gasteiger partial charge in [0.2, 0.25) is 5.95 Å². The molecule has 4 rings (SSSR count). The van der Waals surface area contributed by atoms with Crippen LogP contribution in [0.1, 0.15) is 23.6 Å². The van der Waals surface area contributed by atoms with Crippen molar-refractivity contribution in [2.45, 2.75) is 19.3 Å². The third kappa shape index (κ3) is 3.40. The smallest absolute Gasteiger partial charge is 0.228 e. The molecule has 1 fully saturated rings. The number of hydrogen-bond donors (Lipinski definition) is 1. The first-order valence-electron chi connectivity index (χ1n) is 8.32. The van der Waals surface area contributed by atoms with Crippen LogP contribution in [0.25, 0.3) is 0 Å². The van der Waals surface area contributed by atoms with Crippen molar-refractivity contribution in [3.63, 3.8) is 0 Å². The average Bonchev–Trinajstić information content (AvgIpc) is 3.15. The number of rotatable bonds is 4. The van der Waals surface area contributed by atoms with Crippen molar-refractivity contribution >= 4 is 17.6 Å². The highest BCUT2D eigenvalue weighted by atomic mass is 15.2. The molecule has 0 spiro atoms. The fraction of sp³-hybridized carbons (Fsp3) is 0.278. The minimum Gasteiger partial charge on any atom is -0.355 e. The summed E-state index contributed by atoms with van der Waals surface area (Å²) < 4.78 is 0. The molecule has 4 heterocycles. The molecule has 1 saturated heterocycles. The first-order chi connectivity index (χ1) is 12.3. The number of hydrogen-bond acceptors (Lipinski definition) is 7. The molecular weight excluding hydrogens is 314 g/mol. The normalized spacial score (nSPS) is 16.8. The second kappa shape index (κ2) is 6.80. The highest BCUT2D eigenvalue weighted by molar-refractivity contribution is 5.52. The van der Waals surface area contributed by atoms with Crippen LogP contribution in [0.3, 0.4) is 0 Å². The van der Waals surface area contributed by atoms with Crippen molar-refractivity contribution in [2.24, 2.45) is 0 Å². The summed E-state index contributed by atoms with van der Waals surface area (Å²) in [6.07, 6.45) is 9.82. The van der Waals surface area contributed by atoms with Crippen LogP contribution in [0.5, 0.6) is 0 Å². The molecule has 0 radical (unpaired) electrons. The minimum absolute atomic E-state index is 0.357. The number of anilines is 3. The van der Waals surface area contributed by atoms with Crippen molar-refractivity contribution in [3.05, 3.63) is 60.4 Å². The van der Waals surface area contributed by atoms with Crippen LogP contribution >= 0.6 is 0 Å².